The van der Waals surface area contributed by atoms with Gasteiger partial charge < -0.3 is 10.5 Å². The van der Waals surface area contributed by atoms with Crippen molar-refractivity contribution in [3.8, 4) is 23.1 Å². The molecule has 0 fully saturated rings. The van der Waals surface area contributed by atoms with Crippen LogP contribution in [-0.2, 0) is 18.4 Å². The number of nitriles is 1. The van der Waals surface area contributed by atoms with Crippen LogP contribution in [0.15, 0.2) is 53.9 Å². The molecule has 0 spiro atoms. The van der Waals surface area contributed by atoms with Crippen molar-refractivity contribution >= 4 is 16.9 Å². The fourth-order valence-electron chi connectivity index (χ4n) is 4.73. The molecule has 1 aliphatic carbocycles. The smallest absolute Gasteiger partial charge is 0.216 e. The molecule has 3 aromatic rings. The average Bonchev–Trinajstić information content (AvgIpc) is 2.82. The number of nitrogens with zero attached hydrogens (tertiary/aromatic N) is 4. The summed E-state index contributed by atoms with van der Waals surface area (Å²) in [4.78, 5) is 13.4. The monoisotopic (exact) mass is 445 g/mol. The number of benzene rings is 1. The van der Waals surface area contributed by atoms with Gasteiger partial charge in [0.2, 0.25) is 5.88 Å². The van der Waals surface area contributed by atoms with E-state index in [-0.39, 0.29) is 11.7 Å². The molecule has 0 bridgehead atoms. The molecule has 0 saturated carbocycles. The second-order valence-electron chi connectivity index (χ2n) is 7.99. The highest BCUT2D eigenvalue weighted by molar-refractivity contribution is 8.13. The minimum Gasteiger partial charge on any atom is -0.481 e. The van der Waals surface area contributed by atoms with E-state index < -0.39 is 5.54 Å². The van der Waals surface area contributed by atoms with Gasteiger partial charge in [0.15, 0.2) is 5.17 Å². The molecular weight excluding hydrogens is 425 g/mol. The number of rotatable bonds is 3. The first-order chi connectivity index (χ1) is 15.5. The van der Waals surface area contributed by atoms with Crippen molar-refractivity contribution in [3.05, 3.63) is 77.0 Å². The Morgan fingerprint density at radius 3 is 2.94 bits per heavy atom. The number of halogens is 1. The first kappa shape index (κ1) is 20.5. The number of amidine groups is 1. The molecule has 8 heteroatoms. The van der Waals surface area contributed by atoms with E-state index in [4.69, 9.17) is 15.5 Å². The Kier molecular flexibility index (Phi) is 5.06. The van der Waals surface area contributed by atoms with Crippen LogP contribution in [0.3, 0.4) is 0 Å². The summed E-state index contributed by atoms with van der Waals surface area (Å²) in [7, 11) is 1.59. The Labute approximate surface area is 189 Å². The van der Waals surface area contributed by atoms with Gasteiger partial charge in [0.25, 0.3) is 0 Å². The molecule has 0 amide bonds. The lowest BCUT2D eigenvalue weighted by atomic mass is 9.67. The van der Waals surface area contributed by atoms with E-state index in [1.54, 1.807) is 31.6 Å². The third kappa shape index (κ3) is 3.30. The average molecular weight is 446 g/mol. The van der Waals surface area contributed by atoms with E-state index in [9.17, 15) is 5.26 Å². The fourth-order valence-corrected chi connectivity index (χ4v) is 5.72. The molecule has 0 saturated heterocycles. The Hall–Kier alpha value is -3.44. The topological polar surface area (TPSA) is 97.2 Å². The van der Waals surface area contributed by atoms with Crippen molar-refractivity contribution in [2.45, 2.75) is 18.4 Å². The SMILES string of the molecule is COc1nccc2c1C[C@]1(c3cc(-c4cncc(C#N)c4)ccc3F)N=C(N)SC[C@@H]1C2. The number of aromatic nitrogens is 2. The van der Waals surface area contributed by atoms with Crippen molar-refractivity contribution in [3.63, 3.8) is 0 Å². The summed E-state index contributed by atoms with van der Waals surface area (Å²) >= 11 is 1.51. The van der Waals surface area contributed by atoms with Crippen molar-refractivity contribution < 1.29 is 9.13 Å². The van der Waals surface area contributed by atoms with Gasteiger partial charge in [-0.2, -0.15) is 5.26 Å². The molecule has 5 rings (SSSR count). The van der Waals surface area contributed by atoms with Crippen LogP contribution in [0.1, 0.15) is 22.3 Å². The first-order valence-electron chi connectivity index (χ1n) is 10.2. The van der Waals surface area contributed by atoms with Gasteiger partial charge in [0, 0.05) is 53.4 Å². The predicted octanol–water partition coefficient (Wildman–Crippen LogP) is 3.83. The Morgan fingerprint density at radius 1 is 1.25 bits per heavy atom. The van der Waals surface area contributed by atoms with Crippen LogP contribution in [0, 0.1) is 23.1 Å². The highest BCUT2D eigenvalue weighted by atomic mass is 32.2. The number of ether oxygens (including phenoxy) is 1. The minimum atomic E-state index is -0.862. The lowest BCUT2D eigenvalue weighted by Gasteiger charge is -2.45. The highest BCUT2D eigenvalue weighted by Crippen LogP contribution is 2.50. The van der Waals surface area contributed by atoms with Gasteiger partial charge >= 0.3 is 0 Å². The van der Waals surface area contributed by atoms with Crippen LogP contribution in [0.5, 0.6) is 5.88 Å². The van der Waals surface area contributed by atoms with Crippen LogP contribution in [0.4, 0.5) is 4.39 Å². The maximum absolute atomic E-state index is 15.4. The first-order valence-corrected chi connectivity index (χ1v) is 11.2. The summed E-state index contributed by atoms with van der Waals surface area (Å²) in [5, 5.41) is 9.68. The fraction of sp³-hybridized carbons (Fsp3) is 0.250. The van der Waals surface area contributed by atoms with Gasteiger partial charge in [-0.1, -0.05) is 17.8 Å². The quantitative estimate of drug-likeness (QED) is 0.658. The number of fused-ring (bicyclic) bond motifs is 2. The van der Waals surface area contributed by atoms with Gasteiger partial charge in [-0.25, -0.2) is 9.37 Å². The molecular formula is C24H20FN5OS. The van der Waals surface area contributed by atoms with Gasteiger partial charge in [-0.15, -0.1) is 0 Å². The molecule has 2 atom stereocenters. The largest absolute Gasteiger partial charge is 0.481 e. The number of aliphatic imine (C=N–C) groups is 1. The van der Waals surface area contributed by atoms with E-state index in [0.717, 1.165) is 34.4 Å². The second-order valence-corrected chi connectivity index (χ2v) is 9.03. The van der Waals surface area contributed by atoms with Gasteiger partial charge in [0.05, 0.1) is 18.2 Å². The molecule has 1 aliphatic heterocycles. The molecule has 2 N–H and O–H groups in total. The summed E-state index contributed by atoms with van der Waals surface area (Å²) < 4.78 is 21.0. The van der Waals surface area contributed by atoms with E-state index in [1.165, 1.54) is 24.0 Å². The van der Waals surface area contributed by atoms with E-state index >= 15 is 4.39 Å². The maximum atomic E-state index is 15.4. The summed E-state index contributed by atoms with van der Waals surface area (Å²) in [6, 6.07) is 10.8. The molecule has 0 radical (unpaired) electrons. The third-order valence-electron chi connectivity index (χ3n) is 6.27. The summed E-state index contributed by atoms with van der Waals surface area (Å²) in [5.41, 5.74) is 9.87. The Balaban J connectivity index is 1.70. The molecule has 3 heterocycles. The molecule has 2 aliphatic rings. The zero-order valence-corrected chi connectivity index (χ0v) is 18.2. The van der Waals surface area contributed by atoms with Crippen molar-refractivity contribution in [2.24, 2.45) is 16.6 Å². The third-order valence-corrected chi connectivity index (χ3v) is 7.23. The zero-order valence-electron chi connectivity index (χ0n) is 17.4. The molecule has 2 aromatic heterocycles. The standard InChI is InChI=1S/C24H20FN5OS/c1-31-22-19-9-24(18(13-32-23(27)30-24)7-16(19)4-5-29-22)20-8-15(2-3-21(20)25)17-6-14(10-26)11-28-12-17/h2-6,8,11-12,18H,7,9,13H2,1H3,(H2,27,30)/t18-,24-/m0/s1. The van der Waals surface area contributed by atoms with Crippen molar-refractivity contribution in [1.29, 1.82) is 5.26 Å². The molecule has 6 nitrogen and oxygen atoms in total. The molecule has 160 valence electrons. The van der Waals surface area contributed by atoms with Crippen LogP contribution in [0.2, 0.25) is 0 Å². The highest BCUT2D eigenvalue weighted by Gasteiger charge is 2.48. The predicted molar refractivity (Wildman–Crippen MR) is 122 cm³/mol. The lowest BCUT2D eigenvalue weighted by Crippen LogP contribution is -2.46. The number of nitrogens with two attached hydrogens (primary N) is 1. The van der Waals surface area contributed by atoms with E-state index in [2.05, 4.69) is 16.0 Å². The number of hydrogen-bond donors (Lipinski definition) is 1. The Morgan fingerprint density at radius 2 is 2.12 bits per heavy atom. The number of pyridine rings is 2. The summed E-state index contributed by atoms with van der Waals surface area (Å²) in [6.45, 7) is 0. The van der Waals surface area contributed by atoms with E-state index in [0.29, 0.717) is 28.6 Å². The van der Waals surface area contributed by atoms with Gasteiger partial charge in [-0.3, -0.25) is 9.98 Å². The molecule has 0 unspecified atom stereocenters. The zero-order chi connectivity index (χ0) is 22.3. The number of methoxy groups -OCH3 is 1. The van der Waals surface area contributed by atoms with Crippen LogP contribution in [-0.4, -0.2) is 28.0 Å². The van der Waals surface area contributed by atoms with Gasteiger partial charge in [0.1, 0.15) is 11.9 Å². The van der Waals surface area contributed by atoms with Crippen LogP contribution >= 0.6 is 11.8 Å². The second kappa shape index (κ2) is 7.92. The van der Waals surface area contributed by atoms with Crippen molar-refractivity contribution in [1.82, 2.24) is 9.97 Å². The summed E-state index contributed by atoms with van der Waals surface area (Å²) in [5.74, 6) is 1.01. The van der Waals surface area contributed by atoms with E-state index in [1.807, 2.05) is 12.1 Å². The normalized spacial score (nSPS) is 21.7. The lowest BCUT2D eigenvalue weighted by molar-refractivity contribution is 0.262. The van der Waals surface area contributed by atoms with Crippen LogP contribution in [0.25, 0.3) is 11.1 Å². The Bertz CT molecular complexity index is 1290. The maximum Gasteiger partial charge on any atom is 0.216 e. The van der Waals surface area contributed by atoms with Crippen LogP contribution < -0.4 is 10.5 Å². The minimum absolute atomic E-state index is 0.0627. The van der Waals surface area contributed by atoms with Gasteiger partial charge in [-0.05, 0) is 41.8 Å². The molecule has 1 aromatic carbocycles. The number of hydrogen-bond acceptors (Lipinski definition) is 7. The molecule has 32 heavy (non-hydrogen) atoms. The number of thioether (sulfide) groups is 1. The summed E-state index contributed by atoms with van der Waals surface area (Å²) in [6.07, 6.45) is 6.09. The van der Waals surface area contributed by atoms with Crippen molar-refractivity contribution in [2.75, 3.05) is 12.9 Å².